The van der Waals surface area contributed by atoms with E-state index in [4.69, 9.17) is 4.74 Å². The fourth-order valence-electron chi connectivity index (χ4n) is 4.55. The van der Waals surface area contributed by atoms with Crippen LogP contribution in [0.5, 0.6) is 0 Å². The molecule has 0 amide bonds. The van der Waals surface area contributed by atoms with Gasteiger partial charge >= 0.3 is 0 Å². The average molecular weight is 534 g/mol. The van der Waals surface area contributed by atoms with Crippen molar-refractivity contribution >= 4 is 29.9 Å². The number of nitrogens with one attached hydrogen (secondary N) is 2. The number of ether oxygens (including phenoxy) is 1. The van der Waals surface area contributed by atoms with Crippen molar-refractivity contribution in [2.75, 3.05) is 39.4 Å². The summed E-state index contributed by atoms with van der Waals surface area (Å²) in [5, 5.41) is 6.93. The van der Waals surface area contributed by atoms with Crippen molar-refractivity contribution in [3.05, 3.63) is 35.4 Å². The molecule has 3 fully saturated rings. The third-order valence-corrected chi connectivity index (χ3v) is 6.27. The van der Waals surface area contributed by atoms with Gasteiger partial charge in [-0.1, -0.05) is 6.07 Å². The van der Waals surface area contributed by atoms with Crippen LogP contribution in [0.3, 0.4) is 0 Å². The predicted octanol–water partition coefficient (Wildman–Crippen LogP) is 3.49. The minimum absolute atomic E-state index is 0. The van der Waals surface area contributed by atoms with E-state index in [9.17, 15) is 8.78 Å². The maximum absolute atomic E-state index is 14.0. The average Bonchev–Trinajstić information content (AvgIpc) is 3.23. The van der Waals surface area contributed by atoms with Crippen molar-refractivity contribution in [3.8, 4) is 0 Å². The molecule has 2 heterocycles. The van der Waals surface area contributed by atoms with Crippen molar-refractivity contribution < 1.29 is 13.5 Å². The van der Waals surface area contributed by atoms with Crippen molar-refractivity contribution in [1.29, 1.82) is 0 Å². The number of likely N-dealkylation sites (tertiary alicyclic amines) is 1. The number of piperidine rings is 1. The maximum Gasteiger partial charge on any atom is 0.191 e. The van der Waals surface area contributed by atoms with Crippen LogP contribution in [0.25, 0.3) is 0 Å². The van der Waals surface area contributed by atoms with Crippen LogP contribution in [0.15, 0.2) is 23.2 Å². The first-order chi connectivity index (χ1) is 14.1. The molecule has 30 heavy (non-hydrogen) atoms. The van der Waals surface area contributed by atoms with E-state index >= 15 is 0 Å². The summed E-state index contributed by atoms with van der Waals surface area (Å²) in [6.45, 7) is 7.78. The first-order valence-electron chi connectivity index (χ1n) is 11.0. The number of hydrogen-bond donors (Lipinski definition) is 2. The second-order valence-electron chi connectivity index (χ2n) is 8.50. The van der Waals surface area contributed by atoms with Gasteiger partial charge in [-0.2, -0.15) is 0 Å². The molecule has 3 atom stereocenters. The van der Waals surface area contributed by atoms with Gasteiger partial charge in [-0.25, -0.2) is 8.78 Å². The van der Waals surface area contributed by atoms with E-state index in [-0.39, 0.29) is 41.5 Å². The molecule has 2 N–H and O–H groups in total. The van der Waals surface area contributed by atoms with Crippen molar-refractivity contribution in [2.24, 2.45) is 10.9 Å². The highest BCUT2D eigenvalue weighted by molar-refractivity contribution is 14.0. The number of rotatable bonds is 6. The number of aliphatic imine (C=N–C) groups is 1. The van der Waals surface area contributed by atoms with Crippen LogP contribution in [0.2, 0.25) is 0 Å². The molecule has 1 aromatic rings. The topological polar surface area (TPSA) is 48.9 Å². The Labute approximate surface area is 195 Å². The summed E-state index contributed by atoms with van der Waals surface area (Å²) >= 11 is 0. The quantitative estimate of drug-likeness (QED) is 0.334. The lowest BCUT2D eigenvalue weighted by atomic mass is 10.0. The van der Waals surface area contributed by atoms with Gasteiger partial charge in [0.25, 0.3) is 0 Å². The number of nitrogens with zero attached hydrogens (tertiary/aromatic N) is 2. The van der Waals surface area contributed by atoms with E-state index < -0.39 is 11.6 Å². The largest absolute Gasteiger partial charge is 0.381 e. The highest BCUT2D eigenvalue weighted by atomic mass is 127. The van der Waals surface area contributed by atoms with Gasteiger partial charge in [0, 0.05) is 56.4 Å². The van der Waals surface area contributed by atoms with Crippen LogP contribution in [0, 0.1) is 17.6 Å². The van der Waals surface area contributed by atoms with Crippen molar-refractivity contribution in [1.82, 2.24) is 15.5 Å². The van der Waals surface area contributed by atoms with Gasteiger partial charge in [-0.05, 0) is 50.7 Å². The van der Waals surface area contributed by atoms with E-state index in [0.29, 0.717) is 18.5 Å². The Hall–Kier alpha value is -1.000. The summed E-state index contributed by atoms with van der Waals surface area (Å²) in [4.78, 5) is 7.09. The van der Waals surface area contributed by atoms with Gasteiger partial charge in [0.15, 0.2) is 5.96 Å². The van der Waals surface area contributed by atoms with Gasteiger partial charge in [-0.15, -0.1) is 24.0 Å². The highest BCUT2D eigenvalue weighted by Crippen LogP contribution is 2.43. The summed E-state index contributed by atoms with van der Waals surface area (Å²) in [6, 6.07) is 4.49. The fraction of sp³-hybridized carbons (Fsp3) is 0.682. The standard InChI is InChI=1S/C22H32F2N4O.HI/c1-2-25-22(27-20-12-17(20)21-18(23)4-3-5-19(21)24)26-16-6-9-28(10-7-16)13-15-8-11-29-14-15;/h3-5,15-17,20H,2,6-14H2,1H3,(H2,25,26,27);1H. The zero-order valence-electron chi connectivity index (χ0n) is 17.6. The van der Waals surface area contributed by atoms with E-state index in [1.807, 2.05) is 6.92 Å². The van der Waals surface area contributed by atoms with E-state index in [1.165, 1.54) is 24.6 Å². The lowest BCUT2D eigenvalue weighted by Gasteiger charge is -2.34. The fourth-order valence-corrected chi connectivity index (χ4v) is 4.55. The van der Waals surface area contributed by atoms with Gasteiger partial charge < -0.3 is 20.3 Å². The van der Waals surface area contributed by atoms with Crippen LogP contribution in [0.4, 0.5) is 8.78 Å². The Kier molecular flexibility index (Phi) is 8.71. The SMILES string of the molecule is CCN=C(NC1CCN(CC2CCOC2)CC1)NC1CC1c1c(F)cccc1F.I. The molecular weight excluding hydrogens is 501 g/mol. The Balaban J connectivity index is 0.00000256. The Bertz CT molecular complexity index is 701. The molecule has 8 heteroatoms. The lowest BCUT2D eigenvalue weighted by Crippen LogP contribution is -2.50. The first kappa shape index (κ1) is 23.7. The number of halogens is 3. The zero-order valence-corrected chi connectivity index (χ0v) is 19.9. The van der Waals surface area contributed by atoms with E-state index in [1.54, 1.807) is 0 Å². The molecule has 2 aliphatic heterocycles. The van der Waals surface area contributed by atoms with Crippen LogP contribution < -0.4 is 10.6 Å². The number of hydrogen-bond acceptors (Lipinski definition) is 3. The van der Waals surface area contributed by atoms with Crippen LogP contribution in [-0.2, 0) is 4.74 Å². The monoisotopic (exact) mass is 534 g/mol. The summed E-state index contributed by atoms with van der Waals surface area (Å²) in [5.41, 5.74) is 0.199. The summed E-state index contributed by atoms with van der Waals surface area (Å²) in [6.07, 6.45) is 4.06. The molecule has 4 rings (SSSR count). The molecule has 2 saturated heterocycles. The minimum Gasteiger partial charge on any atom is -0.381 e. The van der Waals surface area contributed by atoms with Crippen molar-refractivity contribution in [2.45, 2.75) is 50.6 Å². The molecule has 0 aromatic heterocycles. The Morgan fingerprint density at radius 2 is 1.90 bits per heavy atom. The molecule has 0 radical (unpaired) electrons. The van der Waals surface area contributed by atoms with Gasteiger partial charge in [0.1, 0.15) is 11.6 Å². The first-order valence-corrected chi connectivity index (χ1v) is 11.0. The lowest BCUT2D eigenvalue weighted by molar-refractivity contribution is 0.150. The summed E-state index contributed by atoms with van der Waals surface area (Å²) < 4.78 is 33.5. The molecule has 168 valence electrons. The number of guanidine groups is 1. The second kappa shape index (κ2) is 11.0. The Morgan fingerprint density at radius 3 is 2.53 bits per heavy atom. The Morgan fingerprint density at radius 1 is 1.17 bits per heavy atom. The van der Waals surface area contributed by atoms with Crippen LogP contribution >= 0.6 is 24.0 Å². The molecule has 1 aliphatic carbocycles. The van der Waals surface area contributed by atoms with E-state index in [2.05, 4.69) is 20.5 Å². The zero-order chi connectivity index (χ0) is 20.2. The second-order valence-corrected chi connectivity index (χ2v) is 8.50. The summed E-state index contributed by atoms with van der Waals surface area (Å²) in [5.74, 6) is 0.404. The third kappa shape index (κ3) is 6.03. The molecule has 3 aliphatic rings. The van der Waals surface area contributed by atoms with Gasteiger partial charge in [0.2, 0.25) is 0 Å². The molecule has 1 aromatic carbocycles. The van der Waals surface area contributed by atoms with Crippen molar-refractivity contribution in [3.63, 3.8) is 0 Å². The number of benzene rings is 1. The smallest absolute Gasteiger partial charge is 0.191 e. The molecule has 0 bridgehead atoms. The maximum atomic E-state index is 14.0. The molecule has 3 unspecified atom stereocenters. The molecular formula is C22H33F2IN4O. The van der Waals surface area contributed by atoms with Crippen LogP contribution in [-0.4, -0.2) is 62.3 Å². The third-order valence-electron chi connectivity index (χ3n) is 6.27. The van der Waals surface area contributed by atoms with Crippen LogP contribution in [0.1, 0.15) is 44.1 Å². The highest BCUT2D eigenvalue weighted by Gasteiger charge is 2.42. The van der Waals surface area contributed by atoms with E-state index in [0.717, 1.165) is 58.1 Å². The molecule has 5 nitrogen and oxygen atoms in total. The van der Waals surface area contributed by atoms with Gasteiger partial charge in [0.05, 0.1) is 6.61 Å². The normalized spacial score (nSPS) is 27.6. The molecule has 0 spiro atoms. The minimum atomic E-state index is -0.457. The summed E-state index contributed by atoms with van der Waals surface area (Å²) in [7, 11) is 0. The predicted molar refractivity (Wildman–Crippen MR) is 126 cm³/mol. The molecule has 1 saturated carbocycles. The van der Waals surface area contributed by atoms with Gasteiger partial charge in [-0.3, -0.25) is 4.99 Å².